The van der Waals surface area contributed by atoms with E-state index in [-0.39, 0.29) is 0 Å². The summed E-state index contributed by atoms with van der Waals surface area (Å²) in [7, 11) is 0. The first-order valence-corrected chi connectivity index (χ1v) is 7.43. The predicted molar refractivity (Wildman–Crippen MR) is 85.0 cm³/mol. The molecule has 21 heavy (non-hydrogen) atoms. The molecule has 3 aromatic rings. The summed E-state index contributed by atoms with van der Waals surface area (Å²) in [6.07, 6.45) is 0.659. The molecule has 0 spiro atoms. The van der Waals surface area contributed by atoms with Crippen LogP contribution in [0.5, 0.6) is 0 Å². The third-order valence-electron chi connectivity index (χ3n) is 2.99. The lowest BCUT2D eigenvalue weighted by Gasteiger charge is -2.02. The Morgan fingerprint density at radius 1 is 0.905 bits per heavy atom. The van der Waals surface area contributed by atoms with Crippen molar-refractivity contribution in [3.63, 3.8) is 0 Å². The second kappa shape index (κ2) is 6.54. The lowest BCUT2D eigenvalue weighted by molar-refractivity contribution is 0.464. The van der Waals surface area contributed by atoms with Gasteiger partial charge in [-0.3, -0.25) is 0 Å². The molecule has 0 aliphatic carbocycles. The summed E-state index contributed by atoms with van der Waals surface area (Å²) >= 11 is 3.41. The molecule has 1 aromatic heterocycles. The van der Waals surface area contributed by atoms with Gasteiger partial charge in [0.2, 0.25) is 11.8 Å². The van der Waals surface area contributed by atoms with Crippen molar-refractivity contribution in [3.05, 3.63) is 76.4 Å². The molecule has 0 bridgehead atoms. The average molecular weight is 344 g/mol. The van der Waals surface area contributed by atoms with E-state index in [1.165, 1.54) is 0 Å². The molecule has 0 aliphatic heterocycles. The molecule has 0 saturated carbocycles. The summed E-state index contributed by atoms with van der Waals surface area (Å²) in [5.74, 6) is 1.22. The molecule has 3 rings (SSSR count). The standard InChI is InChI=1S/C16H14BrN3O/c17-13-6-8-14(9-7-13)18-11-16-20-19-15(21-16)10-12-4-2-1-3-5-12/h1-9,18H,10-11H2. The Morgan fingerprint density at radius 3 is 2.38 bits per heavy atom. The summed E-state index contributed by atoms with van der Waals surface area (Å²) in [4.78, 5) is 0. The van der Waals surface area contributed by atoms with Crippen LogP contribution in [0.2, 0.25) is 0 Å². The zero-order valence-corrected chi connectivity index (χ0v) is 12.9. The highest BCUT2D eigenvalue weighted by molar-refractivity contribution is 9.10. The molecule has 0 aliphatic rings. The van der Waals surface area contributed by atoms with E-state index in [4.69, 9.17) is 4.42 Å². The van der Waals surface area contributed by atoms with Crippen LogP contribution < -0.4 is 5.32 Å². The zero-order valence-electron chi connectivity index (χ0n) is 11.3. The van der Waals surface area contributed by atoms with Crippen molar-refractivity contribution in [2.24, 2.45) is 0 Å². The number of nitrogens with zero attached hydrogens (tertiary/aromatic N) is 2. The van der Waals surface area contributed by atoms with Crippen molar-refractivity contribution < 1.29 is 4.42 Å². The van der Waals surface area contributed by atoms with Crippen molar-refractivity contribution in [3.8, 4) is 0 Å². The van der Waals surface area contributed by atoms with Crippen LogP contribution in [0, 0.1) is 0 Å². The van der Waals surface area contributed by atoms with E-state index < -0.39 is 0 Å². The summed E-state index contributed by atoms with van der Waals surface area (Å²) in [6, 6.07) is 18.0. The van der Waals surface area contributed by atoms with Crippen LogP contribution in [-0.2, 0) is 13.0 Å². The number of benzene rings is 2. The fourth-order valence-electron chi connectivity index (χ4n) is 1.95. The molecule has 0 amide bonds. The lowest BCUT2D eigenvalue weighted by Crippen LogP contribution is -1.99. The van der Waals surface area contributed by atoms with Gasteiger partial charge in [0, 0.05) is 10.2 Å². The molecule has 0 atom stereocenters. The molecule has 0 saturated heterocycles. The van der Waals surface area contributed by atoms with Gasteiger partial charge in [0.25, 0.3) is 0 Å². The number of rotatable bonds is 5. The Labute approximate surface area is 131 Å². The maximum atomic E-state index is 5.64. The molecule has 1 N–H and O–H groups in total. The van der Waals surface area contributed by atoms with Crippen molar-refractivity contribution in [1.29, 1.82) is 0 Å². The highest BCUT2D eigenvalue weighted by Crippen LogP contribution is 2.15. The third-order valence-corrected chi connectivity index (χ3v) is 3.52. The summed E-state index contributed by atoms with van der Waals surface area (Å²) in [6.45, 7) is 0.517. The fourth-order valence-corrected chi connectivity index (χ4v) is 2.21. The van der Waals surface area contributed by atoms with Gasteiger partial charge in [-0.1, -0.05) is 46.3 Å². The van der Waals surface area contributed by atoms with Gasteiger partial charge in [-0.2, -0.15) is 0 Å². The molecule has 0 fully saturated rings. The zero-order chi connectivity index (χ0) is 14.5. The Balaban J connectivity index is 1.59. The van der Waals surface area contributed by atoms with E-state index in [0.29, 0.717) is 24.7 Å². The molecule has 5 heteroatoms. The fraction of sp³-hybridized carbons (Fsp3) is 0.125. The van der Waals surface area contributed by atoms with Crippen LogP contribution in [0.15, 0.2) is 63.5 Å². The van der Waals surface area contributed by atoms with E-state index in [9.17, 15) is 0 Å². The van der Waals surface area contributed by atoms with Crippen molar-refractivity contribution in [2.45, 2.75) is 13.0 Å². The van der Waals surface area contributed by atoms with Gasteiger partial charge >= 0.3 is 0 Å². The van der Waals surface area contributed by atoms with Gasteiger partial charge in [-0.25, -0.2) is 0 Å². The predicted octanol–water partition coefficient (Wildman–Crippen LogP) is 4.04. The average Bonchev–Trinajstić information content (AvgIpc) is 2.95. The second-order valence-electron chi connectivity index (χ2n) is 4.61. The minimum Gasteiger partial charge on any atom is -0.423 e. The van der Waals surface area contributed by atoms with Crippen LogP contribution in [0.1, 0.15) is 17.3 Å². The molecule has 4 nitrogen and oxygen atoms in total. The van der Waals surface area contributed by atoms with Crippen LogP contribution in [0.25, 0.3) is 0 Å². The highest BCUT2D eigenvalue weighted by atomic mass is 79.9. The van der Waals surface area contributed by atoms with Gasteiger partial charge < -0.3 is 9.73 Å². The molecule has 2 aromatic carbocycles. The third kappa shape index (κ3) is 3.92. The lowest BCUT2D eigenvalue weighted by atomic mass is 10.2. The number of anilines is 1. The first-order valence-electron chi connectivity index (χ1n) is 6.64. The van der Waals surface area contributed by atoms with Crippen molar-refractivity contribution in [1.82, 2.24) is 10.2 Å². The summed E-state index contributed by atoms with van der Waals surface area (Å²) in [5, 5.41) is 11.4. The Morgan fingerprint density at radius 2 is 1.62 bits per heavy atom. The van der Waals surface area contributed by atoms with Gasteiger partial charge in [0.1, 0.15) is 0 Å². The van der Waals surface area contributed by atoms with Crippen LogP contribution in [0.4, 0.5) is 5.69 Å². The van der Waals surface area contributed by atoms with E-state index in [1.54, 1.807) is 0 Å². The van der Waals surface area contributed by atoms with Crippen LogP contribution in [0.3, 0.4) is 0 Å². The second-order valence-corrected chi connectivity index (χ2v) is 5.53. The first kappa shape index (κ1) is 13.8. The molecular weight excluding hydrogens is 330 g/mol. The van der Waals surface area contributed by atoms with Crippen molar-refractivity contribution >= 4 is 21.6 Å². The Bertz CT molecular complexity index is 695. The van der Waals surface area contributed by atoms with Gasteiger partial charge in [0.05, 0.1) is 13.0 Å². The minimum absolute atomic E-state index is 0.517. The summed E-state index contributed by atoms with van der Waals surface area (Å²) in [5.41, 5.74) is 2.18. The number of halogens is 1. The van der Waals surface area contributed by atoms with Crippen LogP contribution >= 0.6 is 15.9 Å². The normalized spacial score (nSPS) is 10.5. The van der Waals surface area contributed by atoms with E-state index >= 15 is 0 Å². The number of aromatic nitrogens is 2. The van der Waals surface area contributed by atoms with Crippen LogP contribution in [-0.4, -0.2) is 10.2 Å². The SMILES string of the molecule is Brc1ccc(NCc2nnc(Cc3ccccc3)o2)cc1. The number of hydrogen-bond acceptors (Lipinski definition) is 4. The largest absolute Gasteiger partial charge is 0.423 e. The maximum Gasteiger partial charge on any atom is 0.235 e. The van der Waals surface area contributed by atoms with Gasteiger partial charge in [-0.05, 0) is 29.8 Å². The van der Waals surface area contributed by atoms with E-state index in [2.05, 4.69) is 31.4 Å². The molecule has 0 radical (unpaired) electrons. The molecule has 0 unspecified atom stereocenters. The molecule has 106 valence electrons. The monoisotopic (exact) mass is 343 g/mol. The Hall–Kier alpha value is -2.14. The van der Waals surface area contributed by atoms with Gasteiger partial charge in [-0.15, -0.1) is 10.2 Å². The smallest absolute Gasteiger partial charge is 0.235 e. The number of hydrogen-bond donors (Lipinski definition) is 1. The molecule has 1 heterocycles. The van der Waals surface area contributed by atoms with Crippen molar-refractivity contribution in [2.75, 3.05) is 5.32 Å². The topological polar surface area (TPSA) is 51.0 Å². The van der Waals surface area contributed by atoms with Gasteiger partial charge in [0.15, 0.2) is 0 Å². The highest BCUT2D eigenvalue weighted by Gasteiger charge is 2.06. The minimum atomic E-state index is 0.517. The molecular formula is C16H14BrN3O. The van der Waals surface area contributed by atoms with E-state index in [0.717, 1.165) is 15.7 Å². The number of nitrogens with one attached hydrogen (secondary N) is 1. The first-order chi connectivity index (χ1) is 10.3. The quantitative estimate of drug-likeness (QED) is 0.759. The maximum absolute atomic E-state index is 5.64. The Kier molecular flexibility index (Phi) is 4.31. The van der Waals surface area contributed by atoms with E-state index in [1.807, 2.05) is 54.6 Å². The summed E-state index contributed by atoms with van der Waals surface area (Å²) < 4.78 is 6.69.